The summed E-state index contributed by atoms with van der Waals surface area (Å²) < 4.78 is 14.8. The lowest BCUT2D eigenvalue weighted by Crippen LogP contribution is -2.26. The van der Waals surface area contributed by atoms with Crippen molar-refractivity contribution in [3.8, 4) is 11.1 Å². The van der Waals surface area contributed by atoms with Crippen LogP contribution in [0.15, 0.2) is 48.7 Å². The fourth-order valence-electron chi connectivity index (χ4n) is 3.34. The molecule has 2 aromatic carbocycles. The number of hydrogen-bond donors (Lipinski definition) is 0. The van der Waals surface area contributed by atoms with E-state index in [0.29, 0.717) is 23.4 Å². The minimum atomic E-state index is -0.303. The zero-order chi connectivity index (χ0) is 21.0. The molecule has 29 heavy (non-hydrogen) atoms. The maximum Gasteiger partial charge on any atom is 0.328 e. The minimum Gasteiger partial charge on any atom is -0.330 e. The van der Waals surface area contributed by atoms with Gasteiger partial charge in [0, 0.05) is 43.5 Å². The van der Waals surface area contributed by atoms with Crippen molar-refractivity contribution in [2.75, 3.05) is 20.0 Å². The van der Waals surface area contributed by atoms with E-state index in [1.54, 1.807) is 32.4 Å². The van der Waals surface area contributed by atoms with Gasteiger partial charge in [0.1, 0.15) is 5.82 Å². The van der Waals surface area contributed by atoms with E-state index in [-0.39, 0.29) is 17.6 Å². The van der Waals surface area contributed by atoms with Crippen molar-refractivity contribution in [3.05, 3.63) is 60.0 Å². The molecule has 3 rings (SSSR count). The van der Waals surface area contributed by atoms with E-state index < -0.39 is 0 Å². The van der Waals surface area contributed by atoms with Crippen LogP contribution in [0.5, 0.6) is 0 Å². The average Bonchev–Trinajstić information content (AvgIpc) is 3.10. The quantitative estimate of drug-likeness (QED) is 0.272. The molecule has 3 aromatic rings. The molecule has 0 N–H and O–H groups in total. The fourth-order valence-corrected chi connectivity index (χ4v) is 3.53. The first kappa shape index (κ1) is 21.1. The van der Waals surface area contributed by atoms with Crippen molar-refractivity contribution in [2.45, 2.75) is 25.7 Å². The number of fused-ring (bicyclic) bond motifs is 1. The molecule has 0 radical (unpaired) electrons. The van der Waals surface area contributed by atoms with Gasteiger partial charge < -0.3 is 4.90 Å². The van der Waals surface area contributed by atoms with E-state index in [1.165, 1.54) is 21.6 Å². The summed E-state index contributed by atoms with van der Waals surface area (Å²) in [6.45, 7) is 0. The third kappa shape index (κ3) is 4.67. The molecule has 0 aliphatic heterocycles. The van der Waals surface area contributed by atoms with Crippen molar-refractivity contribution in [1.29, 1.82) is 0 Å². The lowest BCUT2D eigenvalue weighted by molar-refractivity contribution is 0.0981. The Hall–Kier alpha value is -2.66. The summed E-state index contributed by atoms with van der Waals surface area (Å²) in [5.41, 5.74) is 2.90. The van der Waals surface area contributed by atoms with E-state index >= 15 is 0 Å². The molecule has 0 saturated carbocycles. The number of nitrogens with zero attached hydrogens (tertiary/aromatic N) is 2. The monoisotopic (exact) mass is 414 g/mol. The summed E-state index contributed by atoms with van der Waals surface area (Å²) in [4.78, 5) is 27.0. The summed E-state index contributed by atoms with van der Waals surface area (Å²) in [5, 5.41) is 0.744. The molecule has 0 atom stereocenters. The van der Waals surface area contributed by atoms with Gasteiger partial charge in [-0.25, -0.2) is 9.18 Å². The van der Waals surface area contributed by atoms with Gasteiger partial charge in [0.25, 0.3) is 0 Å². The number of carbonyl (C=O) groups excluding carboxylic acids is 2. The van der Waals surface area contributed by atoms with Gasteiger partial charge in [-0.2, -0.15) is 0 Å². The Morgan fingerprint density at radius 1 is 1.00 bits per heavy atom. The topological polar surface area (TPSA) is 42.3 Å². The number of carbonyl (C=O) groups is 2. The van der Waals surface area contributed by atoms with Crippen molar-refractivity contribution in [2.24, 2.45) is 0 Å². The zero-order valence-corrected chi connectivity index (χ0v) is 17.4. The third-order valence-electron chi connectivity index (χ3n) is 4.91. The second-order valence-electron chi connectivity index (χ2n) is 7.25. The van der Waals surface area contributed by atoms with E-state index in [1.807, 2.05) is 18.2 Å². The molecule has 0 aliphatic carbocycles. The van der Waals surface area contributed by atoms with Crippen molar-refractivity contribution in [3.63, 3.8) is 0 Å². The number of benzene rings is 2. The summed E-state index contributed by atoms with van der Waals surface area (Å²) in [5.74, 6) is 0.309. The maximum absolute atomic E-state index is 13.3. The van der Waals surface area contributed by atoms with Crippen LogP contribution in [-0.2, 0) is 0 Å². The van der Waals surface area contributed by atoms with Gasteiger partial charge in [-0.05, 0) is 42.2 Å². The summed E-state index contributed by atoms with van der Waals surface area (Å²) in [7, 11) is 3.34. The molecule has 0 spiro atoms. The number of alkyl halides is 1. The smallest absolute Gasteiger partial charge is 0.328 e. The normalized spacial score (nSPS) is 11.0. The van der Waals surface area contributed by atoms with Crippen LogP contribution in [0.1, 0.15) is 36.0 Å². The first-order valence-electron chi connectivity index (χ1n) is 9.64. The Bertz CT molecular complexity index is 1030. The van der Waals surface area contributed by atoms with E-state index in [2.05, 4.69) is 0 Å². The van der Waals surface area contributed by atoms with E-state index in [9.17, 15) is 14.0 Å². The highest BCUT2D eigenvalue weighted by atomic mass is 35.5. The number of amides is 1. The number of ketones is 1. The molecule has 1 amide bonds. The van der Waals surface area contributed by atoms with Crippen LogP contribution in [-0.4, -0.2) is 41.3 Å². The van der Waals surface area contributed by atoms with Crippen molar-refractivity contribution < 1.29 is 14.0 Å². The fraction of sp³-hybridized carbons (Fsp3) is 0.304. The summed E-state index contributed by atoms with van der Waals surface area (Å²) in [6, 6.07) is 11.6. The van der Waals surface area contributed by atoms with E-state index in [0.717, 1.165) is 35.8 Å². The van der Waals surface area contributed by atoms with Crippen LogP contribution in [0.25, 0.3) is 22.0 Å². The van der Waals surface area contributed by atoms with Gasteiger partial charge in [0.05, 0.1) is 5.52 Å². The minimum absolute atomic E-state index is 0.0180. The number of unbranched alkanes of at least 4 members (excludes halogenated alkanes) is 2. The number of rotatable bonds is 7. The number of halogens is 2. The molecule has 0 unspecified atom stereocenters. The van der Waals surface area contributed by atoms with Crippen molar-refractivity contribution >= 4 is 34.3 Å². The van der Waals surface area contributed by atoms with Crippen LogP contribution in [0.3, 0.4) is 0 Å². The molecule has 1 aromatic heterocycles. The van der Waals surface area contributed by atoms with E-state index in [4.69, 9.17) is 11.6 Å². The number of aromatic nitrogens is 1. The molecule has 6 heteroatoms. The van der Waals surface area contributed by atoms with Crippen LogP contribution in [0, 0.1) is 5.82 Å². The summed E-state index contributed by atoms with van der Waals surface area (Å²) in [6.07, 6.45) is 4.61. The first-order chi connectivity index (χ1) is 13.9. The third-order valence-corrected chi connectivity index (χ3v) is 5.18. The lowest BCUT2D eigenvalue weighted by atomic mass is 10.0. The Morgan fingerprint density at radius 3 is 2.34 bits per heavy atom. The molecule has 0 bridgehead atoms. The lowest BCUT2D eigenvalue weighted by Gasteiger charge is -2.12. The maximum atomic E-state index is 13.3. The van der Waals surface area contributed by atoms with Crippen LogP contribution in [0.2, 0.25) is 0 Å². The highest BCUT2D eigenvalue weighted by Crippen LogP contribution is 2.29. The number of Topliss-reactive ketones (excluding diaryl/α,β-unsaturated/α-hetero) is 1. The highest BCUT2D eigenvalue weighted by molar-refractivity contribution is 6.17. The predicted octanol–water partition coefficient (Wildman–Crippen LogP) is 5.96. The number of hydrogen-bond acceptors (Lipinski definition) is 2. The predicted molar refractivity (Wildman–Crippen MR) is 115 cm³/mol. The Morgan fingerprint density at radius 2 is 1.69 bits per heavy atom. The average molecular weight is 415 g/mol. The van der Waals surface area contributed by atoms with Crippen LogP contribution >= 0.6 is 11.6 Å². The first-order valence-corrected chi connectivity index (χ1v) is 10.2. The molecule has 152 valence electrons. The molecular formula is C23H24ClFN2O2. The van der Waals surface area contributed by atoms with Crippen LogP contribution < -0.4 is 0 Å². The zero-order valence-electron chi connectivity index (χ0n) is 16.6. The van der Waals surface area contributed by atoms with Gasteiger partial charge in [-0.15, -0.1) is 11.6 Å². The van der Waals surface area contributed by atoms with Gasteiger partial charge >= 0.3 is 6.03 Å². The standard InChI is InChI=1S/C23H24ClFN2O2/c1-26(2)23(29)27-15-20(22(28)6-4-3-5-13-24)19-12-9-17(14-21(19)27)16-7-10-18(25)11-8-16/h7-12,14-15H,3-6,13H2,1-2H3. The molecule has 0 aliphatic rings. The van der Waals surface area contributed by atoms with Gasteiger partial charge in [0.2, 0.25) is 0 Å². The highest BCUT2D eigenvalue weighted by Gasteiger charge is 2.19. The van der Waals surface area contributed by atoms with Crippen LogP contribution in [0.4, 0.5) is 9.18 Å². The molecule has 1 heterocycles. The largest absolute Gasteiger partial charge is 0.330 e. The van der Waals surface area contributed by atoms with Gasteiger partial charge in [0.15, 0.2) is 5.78 Å². The SMILES string of the molecule is CN(C)C(=O)n1cc(C(=O)CCCCCCl)c2ccc(-c3ccc(F)cc3)cc21. The Balaban J connectivity index is 2.03. The van der Waals surface area contributed by atoms with Gasteiger partial charge in [-0.1, -0.05) is 30.7 Å². The van der Waals surface area contributed by atoms with Crippen molar-refractivity contribution in [1.82, 2.24) is 9.47 Å². The molecular weight excluding hydrogens is 391 g/mol. The molecule has 4 nitrogen and oxygen atoms in total. The second kappa shape index (κ2) is 9.23. The second-order valence-corrected chi connectivity index (χ2v) is 7.63. The Labute approximate surface area is 174 Å². The molecule has 0 saturated heterocycles. The molecule has 0 fully saturated rings. The van der Waals surface area contributed by atoms with Gasteiger partial charge in [-0.3, -0.25) is 9.36 Å². The summed E-state index contributed by atoms with van der Waals surface area (Å²) >= 11 is 5.70. The Kier molecular flexibility index (Phi) is 6.70.